The summed E-state index contributed by atoms with van der Waals surface area (Å²) in [4.78, 5) is 6.36. The third kappa shape index (κ3) is 4.68. The topological polar surface area (TPSA) is 60.6 Å². The molecule has 0 saturated heterocycles. The molecular weight excluding hydrogens is 254 g/mol. The molecule has 0 unspecified atom stereocenters. The van der Waals surface area contributed by atoms with Gasteiger partial charge in [-0.15, -0.1) is 0 Å². The molecule has 1 aromatic rings. The van der Waals surface area contributed by atoms with Crippen LogP contribution in [0, 0.1) is 0 Å². The van der Waals surface area contributed by atoms with Gasteiger partial charge in [-0.25, -0.2) is 4.98 Å². The van der Waals surface area contributed by atoms with Gasteiger partial charge in [0, 0.05) is 33.9 Å². The summed E-state index contributed by atoms with van der Waals surface area (Å²) in [6, 6.07) is 1.71. The second-order valence-electron chi connectivity index (χ2n) is 3.90. The summed E-state index contributed by atoms with van der Waals surface area (Å²) in [5, 5.41) is 0.559. The lowest BCUT2D eigenvalue weighted by Crippen LogP contribution is -2.30. The van der Waals surface area contributed by atoms with Crippen molar-refractivity contribution in [2.24, 2.45) is 0 Å². The third-order valence-corrected chi connectivity index (χ3v) is 2.76. The van der Waals surface area contributed by atoms with Crippen LogP contribution in [-0.4, -0.2) is 45.5 Å². The van der Waals surface area contributed by atoms with Crippen LogP contribution >= 0.6 is 11.6 Å². The zero-order valence-electron chi connectivity index (χ0n) is 10.9. The van der Waals surface area contributed by atoms with Crippen LogP contribution < -0.4 is 10.6 Å². The van der Waals surface area contributed by atoms with Crippen LogP contribution in [0.15, 0.2) is 12.3 Å². The molecule has 0 bridgehead atoms. The zero-order valence-corrected chi connectivity index (χ0v) is 11.6. The average Bonchev–Trinajstić information content (AvgIpc) is 2.34. The molecule has 1 heterocycles. The molecule has 0 atom stereocenters. The largest absolute Gasteiger partial charge is 0.397 e. The average molecular weight is 274 g/mol. The second-order valence-corrected chi connectivity index (χ2v) is 4.31. The van der Waals surface area contributed by atoms with Gasteiger partial charge in [0.25, 0.3) is 0 Å². The number of methoxy groups -OCH3 is 2. The predicted octanol–water partition coefficient (Wildman–Crippen LogP) is 1.81. The Kier molecular flexibility index (Phi) is 6.78. The Morgan fingerprint density at radius 2 is 2.00 bits per heavy atom. The summed E-state index contributed by atoms with van der Waals surface area (Å²) in [6.45, 7) is 2.87. The van der Waals surface area contributed by atoms with E-state index in [2.05, 4.69) is 9.88 Å². The number of pyridine rings is 1. The lowest BCUT2D eigenvalue weighted by Gasteiger charge is -2.24. The molecule has 1 aromatic heterocycles. The number of anilines is 2. The van der Waals surface area contributed by atoms with Gasteiger partial charge in [-0.3, -0.25) is 0 Å². The number of nitrogens with zero attached hydrogens (tertiary/aromatic N) is 2. The maximum absolute atomic E-state index is 6.16. The number of hydrogen-bond acceptors (Lipinski definition) is 5. The van der Waals surface area contributed by atoms with Crippen molar-refractivity contribution < 1.29 is 9.47 Å². The van der Waals surface area contributed by atoms with Crippen molar-refractivity contribution in [1.82, 2.24) is 4.98 Å². The van der Waals surface area contributed by atoms with E-state index in [9.17, 15) is 0 Å². The molecule has 0 radical (unpaired) electrons. The van der Waals surface area contributed by atoms with E-state index in [1.54, 1.807) is 26.5 Å². The van der Waals surface area contributed by atoms with Gasteiger partial charge in [-0.2, -0.15) is 0 Å². The second kappa shape index (κ2) is 8.13. The molecule has 102 valence electrons. The van der Waals surface area contributed by atoms with Gasteiger partial charge >= 0.3 is 0 Å². The first-order valence-corrected chi connectivity index (χ1v) is 6.20. The van der Waals surface area contributed by atoms with Crippen molar-refractivity contribution in [3.05, 3.63) is 17.3 Å². The first kappa shape index (κ1) is 15.0. The predicted molar refractivity (Wildman–Crippen MR) is 74.2 cm³/mol. The summed E-state index contributed by atoms with van der Waals surface area (Å²) < 4.78 is 10.1. The van der Waals surface area contributed by atoms with Gasteiger partial charge in [0.05, 0.1) is 23.5 Å². The van der Waals surface area contributed by atoms with Crippen LogP contribution in [0.25, 0.3) is 0 Å². The number of rotatable bonds is 8. The van der Waals surface area contributed by atoms with Crippen molar-refractivity contribution in [3.8, 4) is 0 Å². The maximum atomic E-state index is 6.16. The normalized spacial score (nSPS) is 10.6. The minimum atomic E-state index is 0.559. The number of nitrogen functional groups attached to an aromatic ring is 1. The number of halogens is 1. The van der Waals surface area contributed by atoms with Crippen molar-refractivity contribution >= 4 is 23.1 Å². The molecule has 0 aliphatic heterocycles. The van der Waals surface area contributed by atoms with E-state index in [1.165, 1.54) is 0 Å². The van der Waals surface area contributed by atoms with E-state index in [0.29, 0.717) is 23.9 Å². The van der Waals surface area contributed by atoms with Crippen molar-refractivity contribution in [1.29, 1.82) is 0 Å². The molecule has 0 spiro atoms. The highest BCUT2D eigenvalue weighted by molar-refractivity contribution is 6.33. The van der Waals surface area contributed by atoms with E-state index in [-0.39, 0.29) is 0 Å². The molecule has 0 amide bonds. The fraction of sp³-hybridized carbons (Fsp3) is 0.583. The smallest absolute Gasteiger partial charge is 0.147 e. The number of hydrogen-bond donors (Lipinski definition) is 1. The van der Waals surface area contributed by atoms with Crippen LogP contribution in [0.2, 0.25) is 5.02 Å². The number of aromatic nitrogens is 1. The van der Waals surface area contributed by atoms with Crippen molar-refractivity contribution in [2.75, 3.05) is 51.2 Å². The fourth-order valence-corrected chi connectivity index (χ4v) is 1.90. The molecule has 0 aliphatic carbocycles. The first-order chi connectivity index (χ1) is 8.69. The van der Waals surface area contributed by atoms with Crippen LogP contribution in [0.1, 0.15) is 6.42 Å². The van der Waals surface area contributed by atoms with Gasteiger partial charge in [-0.05, 0) is 12.5 Å². The summed E-state index contributed by atoms with van der Waals surface area (Å²) in [5.74, 6) is 0.735. The molecule has 18 heavy (non-hydrogen) atoms. The van der Waals surface area contributed by atoms with E-state index in [4.69, 9.17) is 26.8 Å². The first-order valence-electron chi connectivity index (χ1n) is 5.83. The molecule has 1 rings (SSSR count). The highest BCUT2D eigenvalue weighted by Crippen LogP contribution is 2.24. The zero-order chi connectivity index (χ0) is 13.4. The minimum Gasteiger partial charge on any atom is -0.397 e. The Balaban J connectivity index is 2.73. The monoisotopic (exact) mass is 273 g/mol. The van der Waals surface area contributed by atoms with Crippen molar-refractivity contribution in [3.63, 3.8) is 0 Å². The van der Waals surface area contributed by atoms with Gasteiger partial charge in [0.2, 0.25) is 0 Å². The summed E-state index contributed by atoms with van der Waals surface area (Å²) in [5.41, 5.74) is 6.20. The highest BCUT2D eigenvalue weighted by atomic mass is 35.5. The molecule has 0 fully saturated rings. The molecule has 0 aliphatic rings. The maximum Gasteiger partial charge on any atom is 0.147 e. The highest BCUT2D eigenvalue weighted by Gasteiger charge is 2.11. The summed E-state index contributed by atoms with van der Waals surface area (Å²) >= 11 is 6.16. The third-order valence-electron chi connectivity index (χ3n) is 2.48. The van der Waals surface area contributed by atoms with Gasteiger partial charge < -0.3 is 20.1 Å². The SMILES string of the molecule is COCCCN(CCOC)c1ncc(N)cc1Cl. The molecular formula is C12H20ClN3O2. The van der Waals surface area contributed by atoms with Gasteiger partial charge in [0.1, 0.15) is 5.82 Å². The number of nitrogens with two attached hydrogens (primary N) is 1. The molecule has 0 aromatic carbocycles. The summed E-state index contributed by atoms with van der Waals surface area (Å²) in [6.07, 6.45) is 2.51. The van der Waals surface area contributed by atoms with Crippen LogP contribution in [0.3, 0.4) is 0 Å². The lowest BCUT2D eigenvalue weighted by molar-refractivity contribution is 0.191. The quantitative estimate of drug-likeness (QED) is 0.732. The minimum absolute atomic E-state index is 0.559. The van der Waals surface area contributed by atoms with E-state index >= 15 is 0 Å². The van der Waals surface area contributed by atoms with Gasteiger partial charge in [-0.1, -0.05) is 11.6 Å². The lowest BCUT2D eigenvalue weighted by atomic mass is 10.3. The number of ether oxygens (including phenoxy) is 2. The van der Waals surface area contributed by atoms with Crippen LogP contribution in [0.5, 0.6) is 0 Å². The standard InChI is InChI=1S/C12H20ClN3O2/c1-17-6-3-4-16(5-7-18-2)12-11(13)8-10(14)9-15-12/h8-9H,3-7,14H2,1-2H3. The Labute approximate surface area is 113 Å². The molecule has 0 saturated carbocycles. The van der Waals surface area contributed by atoms with E-state index < -0.39 is 0 Å². The molecule has 6 heteroatoms. The van der Waals surface area contributed by atoms with Gasteiger partial charge in [0.15, 0.2) is 0 Å². The Morgan fingerprint density at radius 1 is 1.28 bits per heavy atom. The Hall–Kier alpha value is -1.04. The van der Waals surface area contributed by atoms with E-state index in [1.807, 2.05) is 0 Å². The van der Waals surface area contributed by atoms with Crippen LogP contribution in [0.4, 0.5) is 11.5 Å². The Bertz CT molecular complexity index is 363. The Morgan fingerprint density at radius 3 is 2.61 bits per heavy atom. The van der Waals surface area contributed by atoms with Crippen LogP contribution in [-0.2, 0) is 9.47 Å². The summed E-state index contributed by atoms with van der Waals surface area (Å²) in [7, 11) is 3.36. The van der Waals surface area contributed by atoms with Crippen molar-refractivity contribution in [2.45, 2.75) is 6.42 Å². The molecule has 2 N–H and O–H groups in total. The van der Waals surface area contributed by atoms with E-state index in [0.717, 1.165) is 25.3 Å². The molecule has 5 nitrogen and oxygen atoms in total. The fourth-order valence-electron chi connectivity index (χ4n) is 1.60.